The Hall–Kier alpha value is -0.610. The highest BCUT2D eigenvalue weighted by Gasteiger charge is 2.51. The molecule has 0 aromatic rings. The number of unbranched alkanes of at least 4 members (excludes halogenated alkanes) is 1. The van der Waals surface area contributed by atoms with Crippen LogP contribution in [0.15, 0.2) is 0 Å². The molecule has 1 aliphatic rings. The van der Waals surface area contributed by atoms with Crippen LogP contribution >= 0.6 is 0 Å². The number of hydrogen-bond acceptors (Lipinski definition) is 4. The van der Waals surface area contributed by atoms with Crippen molar-refractivity contribution in [3.05, 3.63) is 0 Å². The van der Waals surface area contributed by atoms with Crippen molar-refractivity contribution in [1.82, 2.24) is 10.2 Å². The number of likely N-dealkylation sites (N-methyl/N-ethyl adjacent to an activating group) is 2. The maximum Gasteiger partial charge on any atom is 0.327 e. The molecule has 1 unspecified atom stereocenters. The van der Waals surface area contributed by atoms with Gasteiger partial charge in [0.05, 0.1) is 7.11 Å². The van der Waals surface area contributed by atoms with E-state index in [1.165, 1.54) is 20.0 Å². The van der Waals surface area contributed by atoms with Gasteiger partial charge in [-0.3, -0.25) is 0 Å². The van der Waals surface area contributed by atoms with Crippen LogP contribution in [0.1, 0.15) is 32.6 Å². The first kappa shape index (κ1) is 14.5. The number of hydrogen-bond donors (Lipinski definition) is 1. The number of carbonyl (C=O) groups is 1. The number of nitrogens with zero attached hydrogens (tertiary/aromatic N) is 1. The second-order valence-electron chi connectivity index (χ2n) is 5.08. The maximum atomic E-state index is 12.0. The fraction of sp³-hybridized carbons (Fsp3) is 0.923. The van der Waals surface area contributed by atoms with E-state index < -0.39 is 5.54 Å². The third-order valence-electron chi connectivity index (χ3n) is 3.68. The van der Waals surface area contributed by atoms with Gasteiger partial charge < -0.3 is 15.0 Å². The third kappa shape index (κ3) is 3.42. The first-order valence-electron chi connectivity index (χ1n) is 6.56. The molecule has 0 aliphatic heterocycles. The molecule has 4 nitrogen and oxygen atoms in total. The fourth-order valence-corrected chi connectivity index (χ4v) is 2.44. The number of rotatable bonds is 8. The molecule has 1 aliphatic carbocycles. The van der Waals surface area contributed by atoms with E-state index in [0.29, 0.717) is 5.92 Å². The van der Waals surface area contributed by atoms with E-state index in [1.54, 1.807) is 0 Å². The van der Waals surface area contributed by atoms with Gasteiger partial charge >= 0.3 is 5.97 Å². The van der Waals surface area contributed by atoms with Gasteiger partial charge in [0.15, 0.2) is 0 Å². The molecule has 0 heterocycles. The summed E-state index contributed by atoms with van der Waals surface area (Å²) in [5.74, 6) is 0.315. The molecule has 0 aromatic heterocycles. The molecule has 17 heavy (non-hydrogen) atoms. The summed E-state index contributed by atoms with van der Waals surface area (Å²) in [7, 11) is 5.42. The van der Waals surface area contributed by atoms with E-state index >= 15 is 0 Å². The zero-order chi connectivity index (χ0) is 12.9. The molecular weight excluding hydrogens is 216 g/mol. The van der Waals surface area contributed by atoms with Crippen LogP contribution in [0.2, 0.25) is 0 Å². The molecule has 0 aromatic carbocycles. The number of ether oxygens (including phenoxy) is 1. The lowest BCUT2D eigenvalue weighted by Gasteiger charge is -2.34. The number of esters is 1. The summed E-state index contributed by atoms with van der Waals surface area (Å²) in [5.41, 5.74) is -0.503. The molecule has 0 radical (unpaired) electrons. The molecule has 1 rings (SSSR count). The Morgan fingerprint density at radius 1 is 1.53 bits per heavy atom. The highest BCUT2D eigenvalue weighted by atomic mass is 16.5. The Balaban J connectivity index is 2.65. The lowest BCUT2D eigenvalue weighted by Crippen LogP contribution is -2.59. The van der Waals surface area contributed by atoms with E-state index in [0.717, 1.165) is 25.9 Å². The molecule has 0 spiro atoms. The average molecular weight is 242 g/mol. The van der Waals surface area contributed by atoms with Crippen LogP contribution in [0, 0.1) is 5.92 Å². The molecule has 1 saturated carbocycles. The van der Waals surface area contributed by atoms with Crippen molar-refractivity contribution in [2.75, 3.05) is 34.3 Å². The van der Waals surface area contributed by atoms with Crippen molar-refractivity contribution >= 4 is 5.97 Å². The predicted octanol–water partition coefficient (Wildman–Crippen LogP) is 1.26. The van der Waals surface area contributed by atoms with E-state index in [-0.39, 0.29) is 5.97 Å². The Bertz CT molecular complexity index is 254. The Morgan fingerprint density at radius 3 is 2.59 bits per heavy atom. The van der Waals surface area contributed by atoms with Crippen LogP contribution in [0.4, 0.5) is 0 Å². The molecule has 1 atom stereocenters. The minimum Gasteiger partial charge on any atom is -0.468 e. The Kier molecular flexibility index (Phi) is 5.40. The molecular formula is C13H26N2O2. The van der Waals surface area contributed by atoms with Crippen molar-refractivity contribution in [2.24, 2.45) is 5.92 Å². The van der Waals surface area contributed by atoms with Crippen LogP contribution in [-0.2, 0) is 9.53 Å². The smallest absolute Gasteiger partial charge is 0.327 e. The van der Waals surface area contributed by atoms with E-state index in [4.69, 9.17) is 4.74 Å². The van der Waals surface area contributed by atoms with Gasteiger partial charge in [-0.25, -0.2) is 4.79 Å². The fourth-order valence-electron chi connectivity index (χ4n) is 2.44. The van der Waals surface area contributed by atoms with Crippen molar-refractivity contribution in [3.63, 3.8) is 0 Å². The monoisotopic (exact) mass is 242 g/mol. The van der Waals surface area contributed by atoms with Gasteiger partial charge in [-0.05, 0) is 45.8 Å². The van der Waals surface area contributed by atoms with Gasteiger partial charge in [0, 0.05) is 6.54 Å². The van der Waals surface area contributed by atoms with Gasteiger partial charge in [-0.1, -0.05) is 13.3 Å². The Labute approximate surface area is 105 Å². The van der Waals surface area contributed by atoms with Crippen LogP contribution in [-0.4, -0.2) is 50.7 Å². The molecule has 0 amide bonds. The minimum atomic E-state index is -0.503. The van der Waals surface area contributed by atoms with Gasteiger partial charge in [0.2, 0.25) is 0 Å². The summed E-state index contributed by atoms with van der Waals surface area (Å²) < 4.78 is 4.99. The minimum absolute atomic E-state index is 0.120. The molecule has 1 N–H and O–H groups in total. The first-order chi connectivity index (χ1) is 8.10. The second kappa shape index (κ2) is 6.36. The normalized spacial score (nSPS) is 19.1. The van der Waals surface area contributed by atoms with Gasteiger partial charge in [-0.15, -0.1) is 0 Å². The molecule has 0 bridgehead atoms. The molecule has 0 saturated heterocycles. The summed E-state index contributed by atoms with van der Waals surface area (Å²) in [6, 6.07) is 0. The van der Waals surface area contributed by atoms with Gasteiger partial charge in [0.1, 0.15) is 5.54 Å². The summed E-state index contributed by atoms with van der Waals surface area (Å²) in [6.07, 6.45) is 4.59. The van der Waals surface area contributed by atoms with Gasteiger partial charge in [-0.2, -0.15) is 0 Å². The molecule has 100 valence electrons. The quantitative estimate of drug-likeness (QED) is 0.651. The van der Waals surface area contributed by atoms with Crippen molar-refractivity contribution < 1.29 is 9.53 Å². The summed E-state index contributed by atoms with van der Waals surface area (Å²) in [4.78, 5) is 14.3. The summed E-state index contributed by atoms with van der Waals surface area (Å²) in [6.45, 7) is 3.95. The Morgan fingerprint density at radius 2 is 2.18 bits per heavy atom. The van der Waals surface area contributed by atoms with Gasteiger partial charge in [0.25, 0.3) is 0 Å². The van der Waals surface area contributed by atoms with E-state index in [9.17, 15) is 4.79 Å². The topological polar surface area (TPSA) is 41.6 Å². The van der Waals surface area contributed by atoms with Crippen molar-refractivity contribution in [3.8, 4) is 0 Å². The van der Waals surface area contributed by atoms with Crippen LogP contribution in [0.3, 0.4) is 0 Å². The zero-order valence-electron chi connectivity index (χ0n) is 11.6. The van der Waals surface area contributed by atoms with E-state index in [1.807, 2.05) is 7.05 Å². The van der Waals surface area contributed by atoms with Crippen molar-refractivity contribution in [1.29, 1.82) is 0 Å². The molecule has 4 heteroatoms. The highest BCUT2D eigenvalue weighted by Crippen LogP contribution is 2.40. The lowest BCUT2D eigenvalue weighted by atomic mass is 9.92. The summed E-state index contributed by atoms with van der Waals surface area (Å²) in [5, 5.41) is 3.22. The molecule has 1 fully saturated rings. The number of carbonyl (C=O) groups excluding carboxylic acids is 1. The van der Waals surface area contributed by atoms with E-state index in [2.05, 4.69) is 24.2 Å². The van der Waals surface area contributed by atoms with Crippen LogP contribution in [0.25, 0.3) is 0 Å². The third-order valence-corrected chi connectivity index (χ3v) is 3.68. The predicted molar refractivity (Wildman–Crippen MR) is 68.9 cm³/mol. The number of nitrogens with one attached hydrogen (secondary N) is 1. The first-order valence-corrected chi connectivity index (χ1v) is 6.56. The standard InChI is InChI=1S/C13H26N2O2/c1-5-6-9-15(3)10-13(14-2,11-7-8-11)12(16)17-4/h11,14H,5-10H2,1-4H3. The number of methoxy groups -OCH3 is 1. The average Bonchev–Trinajstić information content (AvgIpc) is 3.16. The van der Waals surface area contributed by atoms with Crippen molar-refractivity contribution in [2.45, 2.75) is 38.1 Å². The maximum absolute atomic E-state index is 12.0. The largest absolute Gasteiger partial charge is 0.468 e. The van der Waals surface area contributed by atoms with Crippen LogP contribution in [0.5, 0.6) is 0 Å². The highest BCUT2D eigenvalue weighted by molar-refractivity contribution is 5.82. The zero-order valence-corrected chi connectivity index (χ0v) is 11.6. The summed E-state index contributed by atoms with van der Waals surface area (Å²) >= 11 is 0. The van der Waals surface area contributed by atoms with Crippen LogP contribution < -0.4 is 5.32 Å². The SMILES string of the molecule is CCCCN(C)CC(NC)(C(=O)OC)C1CC1. The lowest BCUT2D eigenvalue weighted by molar-refractivity contribution is -0.150. The second-order valence-corrected chi connectivity index (χ2v) is 5.08.